The number of carbonyl (C=O) groups excluding carboxylic acids is 1. The summed E-state index contributed by atoms with van der Waals surface area (Å²) in [7, 11) is 1.71. The molecule has 1 aromatic heterocycles. The van der Waals surface area contributed by atoms with Gasteiger partial charge in [0.1, 0.15) is 11.3 Å². The zero-order valence-corrected chi connectivity index (χ0v) is 20.5. The van der Waals surface area contributed by atoms with E-state index >= 15 is 0 Å². The van der Waals surface area contributed by atoms with Crippen LogP contribution >= 0.6 is 0 Å². The number of hydrogen-bond donors (Lipinski definition) is 1. The SMILES string of the molecule is C=C/C=C\C(=C(\OC)C(C)CC)C(C)NC(=C)/C=C\n1ncc(C(=O)OCC)c1CCC. The van der Waals surface area contributed by atoms with Gasteiger partial charge in [-0.2, -0.15) is 5.10 Å². The maximum Gasteiger partial charge on any atom is 0.341 e. The van der Waals surface area contributed by atoms with Crippen LogP contribution in [-0.2, 0) is 15.9 Å². The molecule has 0 fully saturated rings. The number of nitrogens with one attached hydrogen (secondary N) is 1. The van der Waals surface area contributed by atoms with Crippen molar-refractivity contribution < 1.29 is 14.3 Å². The van der Waals surface area contributed by atoms with Crippen molar-refractivity contribution >= 4 is 12.2 Å². The number of aromatic nitrogens is 2. The van der Waals surface area contributed by atoms with Crippen LogP contribution < -0.4 is 5.32 Å². The quantitative estimate of drug-likeness (QED) is 0.229. The molecule has 0 aliphatic rings. The molecule has 6 nitrogen and oxygen atoms in total. The molecule has 0 amide bonds. The third kappa shape index (κ3) is 7.59. The largest absolute Gasteiger partial charge is 0.500 e. The molecule has 0 bridgehead atoms. The summed E-state index contributed by atoms with van der Waals surface area (Å²) in [6, 6.07) is -0.0323. The molecule has 176 valence electrons. The standard InChI is InChI=1S/C26H39N3O3/c1-9-13-15-22(25(31-8)19(5)11-3)21(7)28-20(6)16-17-29-24(14-10-2)23(18-27-29)26(30)32-12-4/h9,13,15-19,21,28H,1,6,10-12,14H2,2-5,7-8H3/b15-13-,17-16-,25-22-. The van der Waals surface area contributed by atoms with Gasteiger partial charge >= 0.3 is 5.97 Å². The average molecular weight is 442 g/mol. The number of carbonyl (C=O) groups is 1. The van der Waals surface area contributed by atoms with Gasteiger partial charge in [0.15, 0.2) is 0 Å². The van der Waals surface area contributed by atoms with Gasteiger partial charge in [0, 0.05) is 23.4 Å². The molecule has 0 aromatic carbocycles. The highest BCUT2D eigenvalue weighted by Gasteiger charge is 2.18. The van der Waals surface area contributed by atoms with E-state index in [2.05, 4.69) is 51.3 Å². The van der Waals surface area contributed by atoms with E-state index < -0.39 is 0 Å². The van der Waals surface area contributed by atoms with Crippen LogP contribution in [-0.4, -0.2) is 35.5 Å². The van der Waals surface area contributed by atoms with E-state index in [1.165, 1.54) is 0 Å². The number of nitrogens with zero attached hydrogens (tertiary/aromatic N) is 2. The monoisotopic (exact) mass is 441 g/mol. The van der Waals surface area contributed by atoms with Crippen LogP contribution in [0.2, 0.25) is 0 Å². The zero-order chi connectivity index (χ0) is 24.1. The molecule has 0 radical (unpaired) electrons. The lowest BCUT2D eigenvalue weighted by molar-refractivity contribution is 0.0525. The summed E-state index contributed by atoms with van der Waals surface area (Å²) in [5.41, 5.74) is 3.10. The summed E-state index contributed by atoms with van der Waals surface area (Å²) in [5.74, 6) is 0.889. The minimum atomic E-state index is -0.345. The van der Waals surface area contributed by atoms with E-state index in [0.29, 0.717) is 18.1 Å². The molecular formula is C26H39N3O3. The molecule has 0 saturated carbocycles. The second kappa shape index (κ2) is 14.1. The Kier molecular flexibility index (Phi) is 11.9. The molecule has 0 saturated heterocycles. The molecule has 6 heteroatoms. The van der Waals surface area contributed by atoms with Crippen molar-refractivity contribution in [3.63, 3.8) is 0 Å². The molecule has 0 aliphatic carbocycles. The lowest BCUT2D eigenvalue weighted by Crippen LogP contribution is -2.28. The van der Waals surface area contributed by atoms with Crippen LogP contribution in [0.1, 0.15) is 63.5 Å². The molecule has 32 heavy (non-hydrogen) atoms. The fraction of sp³-hybridized carbons (Fsp3) is 0.462. The highest BCUT2D eigenvalue weighted by molar-refractivity contribution is 5.90. The van der Waals surface area contributed by atoms with E-state index in [-0.39, 0.29) is 12.0 Å². The Morgan fingerprint density at radius 1 is 1.28 bits per heavy atom. The van der Waals surface area contributed by atoms with Crippen molar-refractivity contribution in [2.24, 2.45) is 5.92 Å². The Morgan fingerprint density at radius 2 is 2.00 bits per heavy atom. The van der Waals surface area contributed by atoms with Crippen LogP contribution in [0.15, 0.2) is 60.7 Å². The first-order valence-corrected chi connectivity index (χ1v) is 11.3. The second-order valence-corrected chi connectivity index (χ2v) is 7.55. The summed E-state index contributed by atoms with van der Waals surface area (Å²) in [5, 5.41) is 7.77. The topological polar surface area (TPSA) is 65.4 Å². The van der Waals surface area contributed by atoms with Crippen LogP contribution in [0.5, 0.6) is 0 Å². The summed E-state index contributed by atoms with van der Waals surface area (Å²) >= 11 is 0. The summed E-state index contributed by atoms with van der Waals surface area (Å²) in [4.78, 5) is 12.2. The van der Waals surface area contributed by atoms with Gasteiger partial charge in [0.05, 0.1) is 31.6 Å². The molecule has 0 aliphatic heterocycles. The van der Waals surface area contributed by atoms with Gasteiger partial charge < -0.3 is 14.8 Å². The first-order chi connectivity index (χ1) is 15.3. The summed E-state index contributed by atoms with van der Waals surface area (Å²) < 4.78 is 12.6. The Hall–Kier alpha value is -3.02. The van der Waals surface area contributed by atoms with Crippen molar-refractivity contribution in [3.8, 4) is 0 Å². The molecule has 2 unspecified atom stereocenters. The molecule has 0 spiro atoms. The van der Waals surface area contributed by atoms with E-state index in [1.54, 1.807) is 31.0 Å². The number of rotatable bonds is 14. The van der Waals surface area contributed by atoms with E-state index in [9.17, 15) is 4.79 Å². The van der Waals surface area contributed by atoms with E-state index in [4.69, 9.17) is 9.47 Å². The zero-order valence-electron chi connectivity index (χ0n) is 20.5. The smallest absolute Gasteiger partial charge is 0.341 e. The van der Waals surface area contributed by atoms with Crippen molar-refractivity contribution in [2.75, 3.05) is 13.7 Å². The summed E-state index contributed by atoms with van der Waals surface area (Å²) in [6.07, 6.45) is 13.5. The van der Waals surface area contributed by atoms with Gasteiger partial charge in [0.25, 0.3) is 0 Å². The predicted molar refractivity (Wildman–Crippen MR) is 132 cm³/mol. The Balaban J connectivity index is 3.09. The fourth-order valence-electron chi connectivity index (χ4n) is 3.35. The normalized spacial score (nSPS) is 14.2. The Bertz CT molecular complexity index is 862. The van der Waals surface area contributed by atoms with E-state index in [1.807, 2.05) is 24.4 Å². The van der Waals surface area contributed by atoms with Gasteiger partial charge in [-0.05, 0) is 32.8 Å². The van der Waals surface area contributed by atoms with Crippen LogP contribution in [0.25, 0.3) is 6.20 Å². The first-order valence-electron chi connectivity index (χ1n) is 11.3. The number of allylic oxidation sites excluding steroid dienone is 4. The van der Waals surface area contributed by atoms with Crippen molar-refractivity contribution in [2.45, 2.75) is 59.9 Å². The minimum absolute atomic E-state index is 0.0323. The van der Waals surface area contributed by atoms with Gasteiger partial charge in [-0.3, -0.25) is 0 Å². The van der Waals surface area contributed by atoms with Gasteiger partial charge in [0.2, 0.25) is 0 Å². The predicted octanol–water partition coefficient (Wildman–Crippen LogP) is 5.66. The lowest BCUT2D eigenvalue weighted by Gasteiger charge is -2.23. The number of esters is 1. The summed E-state index contributed by atoms with van der Waals surface area (Å²) in [6.45, 7) is 18.5. The molecule has 1 heterocycles. The lowest BCUT2D eigenvalue weighted by atomic mass is 9.97. The fourth-order valence-corrected chi connectivity index (χ4v) is 3.35. The van der Waals surface area contributed by atoms with Gasteiger partial charge in [-0.1, -0.05) is 58.6 Å². The third-order valence-electron chi connectivity index (χ3n) is 5.14. The molecule has 1 rings (SSSR count). The number of methoxy groups -OCH3 is 1. The average Bonchev–Trinajstić information content (AvgIpc) is 3.17. The van der Waals surface area contributed by atoms with E-state index in [0.717, 1.165) is 42.0 Å². The highest BCUT2D eigenvalue weighted by atomic mass is 16.5. The second-order valence-electron chi connectivity index (χ2n) is 7.55. The van der Waals surface area contributed by atoms with Crippen LogP contribution in [0, 0.1) is 5.92 Å². The molecule has 1 aromatic rings. The maximum atomic E-state index is 12.2. The molecule has 2 atom stereocenters. The number of hydrogen-bond acceptors (Lipinski definition) is 5. The van der Waals surface area contributed by atoms with Crippen LogP contribution in [0.4, 0.5) is 0 Å². The molecular weight excluding hydrogens is 402 g/mol. The van der Waals surface area contributed by atoms with Gasteiger partial charge in [-0.25, -0.2) is 9.48 Å². The maximum absolute atomic E-state index is 12.2. The van der Waals surface area contributed by atoms with Gasteiger partial charge in [-0.15, -0.1) is 0 Å². The highest BCUT2D eigenvalue weighted by Crippen LogP contribution is 2.23. The Morgan fingerprint density at radius 3 is 2.56 bits per heavy atom. The minimum Gasteiger partial charge on any atom is -0.500 e. The van der Waals surface area contributed by atoms with Crippen LogP contribution in [0.3, 0.4) is 0 Å². The number of ether oxygens (including phenoxy) is 2. The first kappa shape index (κ1) is 27.0. The van der Waals surface area contributed by atoms with Crippen molar-refractivity contribution in [1.82, 2.24) is 15.1 Å². The van der Waals surface area contributed by atoms with Crippen molar-refractivity contribution in [3.05, 3.63) is 71.9 Å². The van der Waals surface area contributed by atoms with Crippen molar-refractivity contribution in [1.29, 1.82) is 0 Å². The Labute approximate surface area is 193 Å². The third-order valence-corrected chi connectivity index (χ3v) is 5.14. The molecule has 1 N–H and O–H groups in total.